The van der Waals surface area contributed by atoms with Crippen molar-refractivity contribution >= 4 is 0 Å². The molecule has 0 bridgehead atoms. The Balaban J connectivity index is 3.45. The van der Waals surface area contributed by atoms with Crippen molar-refractivity contribution in [3.05, 3.63) is 24.3 Å². The van der Waals surface area contributed by atoms with E-state index in [-0.39, 0.29) is 12.8 Å². The van der Waals surface area contributed by atoms with Crippen molar-refractivity contribution in [1.29, 1.82) is 0 Å². The first-order valence-corrected chi connectivity index (χ1v) is 3.36. The van der Waals surface area contributed by atoms with Crippen LogP contribution in [0.5, 0.6) is 0 Å². The second-order valence-electron chi connectivity index (χ2n) is 2.67. The summed E-state index contributed by atoms with van der Waals surface area (Å²) in [7, 11) is 0. The minimum absolute atomic E-state index is 0.0402. The molecule has 56 valence electrons. The van der Waals surface area contributed by atoms with E-state index in [9.17, 15) is 0 Å². The third-order valence-corrected chi connectivity index (χ3v) is 1.85. The molecule has 0 spiro atoms. The third kappa shape index (κ3) is 1.31. The van der Waals surface area contributed by atoms with Crippen LogP contribution in [0.15, 0.2) is 24.3 Å². The summed E-state index contributed by atoms with van der Waals surface area (Å²) >= 11 is 0. The molecule has 1 aliphatic carbocycles. The predicted octanol–water partition coefficient (Wildman–Crippen LogP) is 3.31. The summed E-state index contributed by atoms with van der Waals surface area (Å²) in [5.41, 5.74) is -2.15. The predicted molar refractivity (Wildman–Crippen MR) is 45.9 cm³/mol. The molecule has 0 N–H and O–H groups in total. The summed E-state index contributed by atoms with van der Waals surface area (Å²) in [4.78, 5) is 0. The van der Waals surface area contributed by atoms with E-state index in [1.165, 1.54) is 0 Å². The van der Waals surface area contributed by atoms with Crippen molar-refractivity contribution in [2.45, 2.75) is 33.0 Å². The fourth-order valence-corrected chi connectivity index (χ4v) is 1.06. The van der Waals surface area contributed by atoms with Crippen molar-refractivity contribution in [3.63, 3.8) is 0 Å². The van der Waals surface area contributed by atoms with Gasteiger partial charge in [0.1, 0.15) is 0 Å². The molecule has 0 nitrogen and oxygen atoms in total. The summed E-state index contributed by atoms with van der Waals surface area (Å²) in [6.45, 7) is -6.16. The summed E-state index contributed by atoms with van der Waals surface area (Å²) in [5, 5.41) is 0. The van der Waals surface area contributed by atoms with E-state index in [1.807, 2.05) is 0 Å². The first-order chi connectivity index (χ1) is 8.02. The second-order valence-corrected chi connectivity index (χ2v) is 2.67. The molecule has 1 atom stereocenters. The van der Waals surface area contributed by atoms with Crippen molar-refractivity contribution in [1.82, 2.24) is 0 Å². The van der Waals surface area contributed by atoms with Crippen LogP contribution in [-0.4, -0.2) is 0 Å². The van der Waals surface area contributed by atoms with Gasteiger partial charge in [-0.2, -0.15) is 0 Å². The Morgan fingerprint density at radius 1 is 1.80 bits per heavy atom. The molecule has 0 aliphatic heterocycles. The topological polar surface area (TPSA) is 0 Å². The molecule has 10 heavy (non-hydrogen) atoms. The van der Waals surface area contributed by atoms with E-state index in [0.29, 0.717) is 6.42 Å². The molecular formula is C10H16. The first kappa shape index (κ1) is 2.23. The molecule has 0 amide bonds. The van der Waals surface area contributed by atoms with Gasteiger partial charge in [0, 0.05) is 8.22 Å². The molecule has 0 saturated carbocycles. The minimum Gasteiger partial charge on any atom is -0.0996 e. The maximum atomic E-state index is 7.63. The molecule has 1 rings (SSSR count). The van der Waals surface area contributed by atoms with E-state index < -0.39 is 31.2 Å². The van der Waals surface area contributed by atoms with Crippen LogP contribution in [0.2, 0.25) is 0 Å². The molecule has 0 aromatic carbocycles. The Kier molecular flexibility index (Phi) is 0.583. The smallest absolute Gasteiger partial charge is 0.0537 e. The lowest BCUT2D eigenvalue weighted by molar-refractivity contribution is 0.361. The Labute approximate surface area is 74.9 Å². The number of hydrogen-bond acceptors (Lipinski definition) is 0. The monoisotopic (exact) mass is 144 g/mol. The standard InChI is InChI=1S/C10H16/c1-9(2)10(3)7-5-4-6-8-10/h4-5H,1,6-8H2,2-3H3/i1D2,2D3,3D3. The lowest BCUT2D eigenvalue weighted by Crippen LogP contribution is -2.18. The Hall–Kier alpha value is -0.520. The summed E-state index contributed by atoms with van der Waals surface area (Å²) in [6, 6.07) is 0. The van der Waals surface area contributed by atoms with Crippen LogP contribution < -0.4 is 0 Å². The molecule has 0 radical (unpaired) electrons. The molecule has 0 heteroatoms. The zero-order valence-corrected chi connectivity index (χ0v) is 5.78. The Morgan fingerprint density at radius 2 is 2.80 bits per heavy atom. The summed E-state index contributed by atoms with van der Waals surface area (Å²) in [6.07, 6.45) is 4.05. The van der Waals surface area contributed by atoms with Gasteiger partial charge in [-0.15, -0.1) is 0 Å². The largest absolute Gasteiger partial charge is 0.0996 e. The fraction of sp³-hybridized carbons (Fsp3) is 0.600. The van der Waals surface area contributed by atoms with Crippen LogP contribution in [0.4, 0.5) is 0 Å². The van der Waals surface area contributed by atoms with Gasteiger partial charge in [-0.3, -0.25) is 0 Å². The molecule has 0 aromatic rings. The van der Waals surface area contributed by atoms with Crippen LogP contribution in [0.1, 0.15) is 43.9 Å². The minimum atomic E-state index is -2.72. The highest BCUT2D eigenvalue weighted by Gasteiger charge is 2.24. The average Bonchev–Trinajstić information content (AvgIpc) is 2.14. The molecule has 0 heterocycles. The van der Waals surface area contributed by atoms with Crippen LogP contribution in [0, 0.1) is 5.41 Å². The van der Waals surface area contributed by atoms with Gasteiger partial charge < -0.3 is 0 Å². The first-order valence-electron chi connectivity index (χ1n) is 7.36. The van der Waals surface area contributed by atoms with Crippen LogP contribution in [0.3, 0.4) is 0 Å². The van der Waals surface area contributed by atoms with Crippen molar-refractivity contribution < 1.29 is 11.0 Å². The third-order valence-electron chi connectivity index (χ3n) is 1.85. The molecule has 0 fully saturated rings. The van der Waals surface area contributed by atoms with Crippen LogP contribution >= 0.6 is 0 Å². The zero-order chi connectivity index (χ0) is 14.2. The van der Waals surface area contributed by atoms with Gasteiger partial charge in [0.15, 0.2) is 0 Å². The van der Waals surface area contributed by atoms with E-state index >= 15 is 0 Å². The van der Waals surface area contributed by atoms with Gasteiger partial charge >= 0.3 is 0 Å². The van der Waals surface area contributed by atoms with Crippen molar-refractivity contribution in [2.75, 3.05) is 0 Å². The normalized spacial score (nSPS) is 46.0. The fourth-order valence-electron chi connectivity index (χ4n) is 1.06. The van der Waals surface area contributed by atoms with E-state index in [2.05, 4.69) is 0 Å². The number of hydrogen-bond donors (Lipinski definition) is 0. The summed E-state index contributed by atoms with van der Waals surface area (Å²) in [5.74, 6) is 0. The van der Waals surface area contributed by atoms with Gasteiger partial charge in [0.2, 0.25) is 0 Å². The lowest BCUT2D eigenvalue weighted by Gasteiger charge is -2.31. The average molecular weight is 144 g/mol. The van der Waals surface area contributed by atoms with Crippen molar-refractivity contribution in [2.24, 2.45) is 5.41 Å². The van der Waals surface area contributed by atoms with Gasteiger partial charge in [-0.05, 0) is 31.5 Å². The summed E-state index contributed by atoms with van der Waals surface area (Å²) < 4.78 is 59.8. The van der Waals surface area contributed by atoms with Gasteiger partial charge in [0.25, 0.3) is 0 Å². The zero-order valence-electron chi connectivity index (χ0n) is 13.8. The highest BCUT2D eigenvalue weighted by Crippen LogP contribution is 2.37. The Morgan fingerprint density at radius 3 is 3.30 bits per heavy atom. The van der Waals surface area contributed by atoms with Crippen LogP contribution in [0.25, 0.3) is 0 Å². The van der Waals surface area contributed by atoms with E-state index in [0.717, 1.165) is 0 Å². The van der Waals surface area contributed by atoms with Gasteiger partial charge in [-0.1, -0.05) is 31.1 Å². The van der Waals surface area contributed by atoms with E-state index in [1.54, 1.807) is 12.2 Å². The second kappa shape index (κ2) is 2.61. The number of rotatable bonds is 1. The van der Waals surface area contributed by atoms with Crippen molar-refractivity contribution in [3.8, 4) is 0 Å². The maximum absolute atomic E-state index is 7.63. The maximum Gasteiger partial charge on any atom is 0.0537 e. The SMILES string of the molecule is [2H]C([2H])=C(C([2H])([2H])[2H])C1(C([2H])([2H])[2H])CC=CCC1. The lowest BCUT2D eigenvalue weighted by atomic mass is 9.74. The molecule has 0 saturated heterocycles. The van der Waals surface area contributed by atoms with Gasteiger partial charge in [0.05, 0.1) is 2.74 Å². The van der Waals surface area contributed by atoms with Crippen LogP contribution in [-0.2, 0) is 0 Å². The highest BCUT2D eigenvalue weighted by molar-refractivity contribution is 5.11. The molecular weight excluding hydrogens is 120 g/mol. The molecule has 0 aromatic heterocycles. The quantitative estimate of drug-likeness (QED) is 0.495. The molecule has 1 unspecified atom stereocenters. The van der Waals surface area contributed by atoms with E-state index in [4.69, 9.17) is 11.0 Å². The number of allylic oxidation sites excluding steroid dienone is 3. The molecule has 1 aliphatic rings. The Bertz CT molecular complexity index is 368. The van der Waals surface area contributed by atoms with Gasteiger partial charge in [-0.25, -0.2) is 0 Å². The highest BCUT2D eigenvalue weighted by atomic mass is 14.3.